The predicted octanol–water partition coefficient (Wildman–Crippen LogP) is 10.9. The monoisotopic (exact) mass is 763 g/mol. The van der Waals surface area contributed by atoms with Crippen molar-refractivity contribution in [1.82, 2.24) is 4.31 Å². The summed E-state index contributed by atoms with van der Waals surface area (Å²) in [6.45, 7) is 20.2. The van der Waals surface area contributed by atoms with Gasteiger partial charge in [-0.3, -0.25) is 0 Å². The zero-order chi connectivity index (χ0) is 38.3. The fraction of sp³-hybridized carbons (Fsp3) is 0.689. The van der Waals surface area contributed by atoms with Crippen LogP contribution in [0.3, 0.4) is 0 Å². The molecule has 4 saturated carbocycles. The van der Waals surface area contributed by atoms with Crippen LogP contribution in [0.2, 0.25) is 19.6 Å². The van der Waals surface area contributed by atoms with Gasteiger partial charge in [0.1, 0.15) is 11.5 Å². The summed E-state index contributed by atoms with van der Waals surface area (Å²) in [4.78, 5) is 0. The van der Waals surface area contributed by atoms with Gasteiger partial charge in [-0.25, -0.2) is 8.42 Å². The molecule has 294 valence electrons. The summed E-state index contributed by atoms with van der Waals surface area (Å²) in [5.41, 5.74) is 2.41. The normalized spacial score (nSPS) is 35.1. The molecule has 6 rings (SSSR count). The number of sulfonamides is 1. The molecule has 4 fully saturated rings. The summed E-state index contributed by atoms with van der Waals surface area (Å²) in [5, 5.41) is 1.52. The zero-order valence-corrected chi connectivity index (χ0v) is 36.3. The number of benzene rings is 2. The second-order valence-corrected chi connectivity index (χ2v) is 25.3. The van der Waals surface area contributed by atoms with E-state index in [1.165, 1.54) is 50.4 Å². The third-order valence-electron chi connectivity index (χ3n) is 14.8. The Hall–Kier alpha value is -2.13. The molecule has 53 heavy (non-hydrogen) atoms. The van der Waals surface area contributed by atoms with E-state index in [0.717, 1.165) is 46.8 Å². The van der Waals surface area contributed by atoms with Crippen molar-refractivity contribution in [3.8, 4) is 11.5 Å². The molecule has 6 nitrogen and oxygen atoms in total. The molecule has 0 radical (unpaired) electrons. The minimum atomic E-state index is -3.73. The number of nitrogens with zero attached hydrogens (tertiary/aromatic N) is 1. The van der Waals surface area contributed by atoms with Gasteiger partial charge in [-0.1, -0.05) is 77.8 Å². The Morgan fingerprint density at radius 3 is 1.91 bits per heavy atom. The van der Waals surface area contributed by atoms with Crippen molar-refractivity contribution in [3.63, 3.8) is 0 Å². The van der Waals surface area contributed by atoms with Gasteiger partial charge in [-0.2, -0.15) is 4.31 Å². The first-order valence-electron chi connectivity index (χ1n) is 20.6. The second kappa shape index (κ2) is 15.8. The molecule has 4 aliphatic rings. The summed E-state index contributed by atoms with van der Waals surface area (Å²) in [5.74, 6) is 6.23. The Balaban J connectivity index is 1.26. The lowest BCUT2D eigenvalue weighted by molar-refractivity contribution is -0.192. The highest BCUT2D eigenvalue weighted by Gasteiger charge is 2.65. The first kappa shape index (κ1) is 40.5. The molecule has 0 aromatic heterocycles. The van der Waals surface area contributed by atoms with E-state index in [1.54, 1.807) is 18.5 Å². The lowest BCUT2D eigenvalue weighted by Crippen LogP contribution is -2.63. The van der Waals surface area contributed by atoms with E-state index in [1.807, 2.05) is 54.6 Å². The molecule has 0 N–H and O–H groups in total. The summed E-state index contributed by atoms with van der Waals surface area (Å²) in [6.07, 6.45) is 12.6. The molecular formula is C45H69NO5SSi. The van der Waals surface area contributed by atoms with Crippen LogP contribution in [0.15, 0.2) is 60.0 Å². The summed E-state index contributed by atoms with van der Waals surface area (Å²) in [7, 11) is -2.24. The molecule has 8 heteroatoms. The van der Waals surface area contributed by atoms with Gasteiger partial charge in [0.2, 0.25) is 10.0 Å². The minimum Gasteiger partial charge on any atom is -0.497 e. The van der Waals surface area contributed by atoms with Crippen molar-refractivity contribution in [2.75, 3.05) is 14.2 Å². The standard InChI is InChI=1S/C45H69NO5SSi/c1-11-37-41-28-31(2)22-25-45(41,5)40-23-26-44(4)38(20-21-39(44)42(40)43(37)51-53(8,9)10)32(3)24-27-52(47,48)46(29-33-12-16-35(49-6)17-13-33)30-34-14-18-36(50-7)19-15-34/h12-19,24,27,31-32,37-43H,11,20-23,25-26,28-30H2,1-10H3/b27-24+/t31-,32-,37-,38-,39+,40+,41+,42+,43-,44-,45-/m1/s1. The predicted molar refractivity (Wildman–Crippen MR) is 220 cm³/mol. The highest BCUT2D eigenvalue weighted by atomic mass is 32.2. The summed E-state index contributed by atoms with van der Waals surface area (Å²) < 4.78 is 48.2. The number of hydrogen-bond donors (Lipinski definition) is 0. The number of allylic oxidation sites excluding steroid dienone is 1. The van der Waals surface area contributed by atoms with Crippen LogP contribution in [0.4, 0.5) is 0 Å². The third kappa shape index (κ3) is 8.22. The summed E-state index contributed by atoms with van der Waals surface area (Å²) >= 11 is 0. The molecule has 0 spiro atoms. The topological polar surface area (TPSA) is 65.1 Å². The van der Waals surface area contributed by atoms with Crippen molar-refractivity contribution in [1.29, 1.82) is 0 Å². The van der Waals surface area contributed by atoms with Gasteiger partial charge in [-0.05, 0) is 152 Å². The van der Waals surface area contributed by atoms with Gasteiger partial charge in [0.15, 0.2) is 8.32 Å². The number of ether oxygens (including phenoxy) is 2. The van der Waals surface area contributed by atoms with E-state index in [2.05, 4.69) is 54.3 Å². The molecule has 2 aromatic rings. The maximum absolute atomic E-state index is 14.3. The number of methoxy groups -OCH3 is 2. The fourth-order valence-corrected chi connectivity index (χ4v) is 14.6. The Bertz CT molecular complexity index is 1620. The van der Waals surface area contributed by atoms with Crippen molar-refractivity contribution >= 4 is 18.3 Å². The average molecular weight is 764 g/mol. The number of fused-ring (bicyclic) bond motifs is 5. The largest absolute Gasteiger partial charge is 0.497 e. The van der Waals surface area contributed by atoms with Gasteiger partial charge in [0.05, 0.1) is 20.3 Å². The highest BCUT2D eigenvalue weighted by Crippen LogP contribution is 2.70. The SMILES string of the molecule is CC[C@H]1[C@@H](O[Si](C)(C)C)[C@@H]2[C@H](CC[C@]3(C)[C@@H]([C@H](C)/C=C/S(=O)(=O)N(Cc4ccc(OC)cc4)Cc4ccc(OC)cc4)CC[C@@H]23)[C@@]2(C)CC[C@@H](C)C[C@@H]12. The Morgan fingerprint density at radius 2 is 1.38 bits per heavy atom. The highest BCUT2D eigenvalue weighted by molar-refractivity contribution is 7.92. The number of hydrogen-bond acceptors (Lipinski definition) is 5. The molecule has 0 unspecified atom stereocenters. The maximum Gasteiger partial charge on any atom is 0.236 e. The first-order valence-corrected chi connectivity index (χ1v) is 25.6. The quantitative estimate of drug-likeness (QED) is 0.190. The lowest BCUT2D eigenvalue weighted by atomic mass is 9.41. The van der Waals surface area contributed by atoms with Crippen LogP contribution in [-0.4, -0.2) is 41.4 Å². The van der Waals surface area contributed by atoms with Crippen molar-refractivity contribution in [3.05, 3.63) is 71.1 Å². The first-order chi connectivity index (χ1) is 25.0. The van der Waals surface area contributed by atoms with Gasteiger partial charge >= 0.3 is 0 Å². The van der Waals surface area contributed by atoms with Crippen LogP contribution in [0.1, 0.15) is 97.1 Å². The Morgan fingerprint density at radius 1 is 0.830 bits per heavy atom. The Labute approximate surface area is 323 Å². The molecule has 0 aliphatic heterocycles. The van der Waals surface area contributed by atoms with E-state index in [-0.39, 0.29) is 24.4 Å². The van der Waals surface area contributed by atoms with Crippen molar-refractivity contribution in [2.24, 2.45) is 58.2 Å². The molecular weight excluding hydrogens is 695 g/mol. The van der Waals surface area contributed by atoms with E-state index in [4.69, 9.17) is 13.9 Å². The molecule has 0 amide bonds. The van der Waals surface area contributed by atoms with Gasteiger partial charge in [0, 0.05) is 18.5 Å². The molecule has 0 heterocycles. The van der Waals surface area contributed by atoms with E-state index >= 15 is 0 Å². The number of rotatable bonds is 13. The second-order valence-electron chi connectivity index (χ2n) is 19.0. The molecule has 11 atom stereocenters. The van der Waals surface area contributed by atoms with Crippen LogP contribution in [0.5, 0.6) is 11.5 Å². The smallest absolute Gasteiger partial charge is 0.236 e. The van der Waals surface area contributed by atoms with Crippen LogP contribution in [0, 0.1) is 58.2 Å². The van der Waals surface area contributed by atoms with Crippen LogP contribution < -0.4 is 9.47 Å². The van der Waals surface area contributed by atoms with Crippen molar-refractivity contribution < 1.29 is 22.3 Å². The average Bonchev–Trinajstić information content (AvgIpc) is 3.48. The van der Waals surface area contributed by atoms with Crippen molar-refractivity contribution in [2.45, 2.75) is 125 Å². The van der Waals surface area contributed by atoms with Gasteiger partial charge in [0.25, 0.3) is 0 Å². The van der Waals surface area contributed by atoms with E-state index < -0.39 is 18.3 Å². The molecule has 0 bridgehead atoms. The van der Waals surface area contributed by atoms with Gasteiger partial charge in [-0.15, -0.1) is 0 Å². The fourth-order valence-electron chi connectivity index (χ4n) is 12.2. The van der Waals surface area contributed by atoms with Gasteiger partial charge < -0.3 is 13.9 Å². The Kier molecular flexibility index (Phi) is 12.1. The minimum absolute atomic E-state index is 0.154. The van der Waals surface area contributed by atoms with E-state index in [0.29, 0.717) is 35.2 Å². The zero-order valence-electron chi connectivity index (χ0n) is 34.4. The maximum atomic E-state index is 14.3. The van der Waals surface area contributed by atoms with Crippen LogP contribution in [0.25, 0.3) is 0 Å². The third-order valence-corrected chi connectivity index (χ3v) is 17.3. The molecule has 2 aromatic carbocycles. The lowest BCUT2D eigenvalue weighted by Gasteiger charge is -2.66. The van der Waals surface area contributed by atoms with E-state index in [9.17, 15) is 8.42 Å². The summed E-state index contributed by atoms with van der Waals surface area (Å²) in [6, 6.07) is 15.3. The molecule has 4 aliphatic carbocycles. The molecule has 0 saturated heterocycles. The van der Waals surface area contributed by atoms with Crippen LogP contribution in [-0.2, 0) is 27.5 Å². The van der Waals surface area contributed by atoms with Crippen LogP contribution >= 0.6 is 0 Å².